The average molecular weight is 331 g/mol. The zero-order valence-corrected chi connectivity index (χ0v) is 14.2. The van der Waals surface area contributed by atoms with Crippen molar-refractivity contribution in [3.8, 4) is 0 Å². The van der Waals surface area contributed by atoms with E-state index in [-0.39, 0.29) is 17.9 Å². The Hall–Kier alpha value is -1.95. The number of carbonyl (C=O) groups excluding carboxylic acids is 2. The molecule has 0 unspecified atom stereocenters. The van der Waals surface area contributed by atoms with Crippen molar-refractivity contribution in [3.63, 3.8) is 0 Å². The van der Waals surface area contributed by atoms with Crippen LogP contribution in [-0.4, -0.2) is 65.5 Å². The lowest BCUT2D eigenvalue weighted by Gasteiger charge is -2.36. The number of amides is 2. The molecular weight excluding hydrogens is 306 g/mol. The van der Waals surface area contributed by atoms with Crippen molar-refractivity contribution in [1.29, 1.82) is 0 Å². The molecule has 24 heavy (non-hydrogen) atoms. The summed E-state index contributed by atoms with van der Waals surface area (Å²) in [5.74, 6) is 0.757. The molecule has 1 aliphatic heterocycles. The third kappa shape index (κ3) is 4.54. The first-order valence-electron chi connectivity index (χ1n) is 8.71. The molecule has 0 radical (unpaired) electrons. The Kier molecular flexibility index (Phi) is 5.45. The van der Waals surface area contributed by atoms with Crippen molar-refractivity contribution in [1.82, 2.24) is 14.8 Å². The summed E-state index contributed by atoms with van der Waals surface area (Å²) in [6, 6.07) is 5.58. The van der Waals surface area contributed by atoms with Gasteiger partial charge in [0.1, 0.15) is 6.10 Å². The van der Waals surface area contributed by atoms with E-state index in [1.807, 2.05) is 34.9 Å². The smallest absolute Gasteiger partial charge is 0.251 e. The van der Waals surface area contributed by atoms with Crippen molar-refractivity contribution in [2.45, 2.75) is 32.3 Å². The summed E-state index contributed by atoms with van der Waals surface area (Å²) in [4.78, 5) is 32.5. The molecule has 1 aromatic heterocycles. The summed E-state index contributed by atoms with van der Waals surface area (Å²) in [5, 5.41) is 0. The third-order valence-corrected chi connectivity index (χ3v) is 4.63. The van der Waals surface area contributed by atoms with Crippen LogP contribution in [0.25, 0.3) is 0 Å². The summed E-state index contributed by atoms with van der Waals surface area (Å²) in [7, 11) is 0. The Morgan fingerprint density at radius 1 is 1.21 bits per heavy atom. The van der Waals surface area contributed by atoms with Crippen molar-refractivity contribution in [2.75, 3.05) is 32.8 Å². The first-order chi connectivity index (χ1) is 11.6. The van der Waals surface area contributed by atoms with E-state index in [1.54, 1.807) is 6.20 Å². The highest BCUT2D eigenvalue weighted by atomic mass is 16.5. The van der Waals surface area contributed by atoms with Gasteiger partial charge in [0.2, 0.25) is 5.91 Å². The van der Waals surface area contributed by atoms with E-state index < -0.39 is 0 Å². The first kappa shape index (κ1) is 16.9. The van der Waals surface area contributed by atoms with Gasteiger partial charge in [-0.3, -0.25) is 14.6 Å². The zero-order valence-electron chi connectivity index (χ0n) is 14.2. The lowest BCUT2D eigenvalue weighted by Crippen LogP contribution is -2.53. The summed E-state index contributed by atoms with van der Waals surface area (Å²) in [6.07, 6.45) is 4.06. The number of aromatic nitrogens is 1. The summed E-state index contributed by atoms with van der Waals surface area (Å²) < 4.78 is 5.65. The summed E-state index contributed by atoms with van der Waals surface area (Å²) in [5.41, 5.74) is 0.781. The monoisotopic (exact) mass is 331 g/mol. The Balaban J connectivity index is 1.42. The maximum absolute atomic E-state index is 12.4. The van der Waals surface area contributed by atoms with Crippen molar-refractivity contribution in [3.05, 3.63) is 30.1 Å². The van der Waals surface area contributed by atoms with Crippen LogP contribution in [0.2, 0.25) is 0 Å². The molecule has 2 fully saturated rings. The van der Waals surface area contributed by atoms with E-state index in [4.69, 9.17) is 4.74 Å². The van der Waals surface area contributed by atoms with Crippen molar-refractivity contribution < 1.29 is 14.3 Å². The Bertz CT molecular complexity index is 566. The van der Waals surface area contributed by atoms with Crippen LogP contribution in [0.3, 0.4) is 0 Å². The molecule has 0 N–H and O–H groups in total. The minimum atomic E-state index is -0.388. The number of hydrogen-bond donors (Lipinski definition) is 0. The molecule has 3 rings (SSSR count). The predicted octanol–water partition coefficient (Wildman–Crippen LogP) is 1.11. The fourth-order valence-corrected chi connectivity index (χ4v) is 2.84. The van der Waals surface area contributed by atoms with E-state index in [1.165, 1.54) is 12.8 Å². The van der Waals surface area contributed by atoms with Gasteiger partial charge in [0, 0.05) is 38.1 Å². The summed E-state index contributed by atoms with van der Waals surface area (Å²) in [6.45, 7) is 4.81. The van der Waals surface area contributed by atoms with Crippen LogP contribution in [0.15, 0.2) is 24.4 Å². The fraction of sp³-hybridized carbons (Fsp3) is 0.611. The molecule has 0 bridgehead atoms. The van der Waals surface area contributed by atoms with Crippen LogP contribution in [-0.2, 0) is 20.7 Å². The van der Waals surface area contributed by atoms with Crippen LogP contribution >= 0.6 is 0 Å². The minimum Gasteiger partial charge on any atom is -0.368 e. The maximum Gasteiger partial charge on any atom is 0.251 e. The Morgan fingerprint density at radius 3 is 2.54 bits per heavy atom. The van der Waals surface area contributed by atoms with E-state index >= 15 is 0 Å². The molecule has 6 nitrogen and oxygen atoms in total. The number of ether oxygens (including phenoxy) is 1. The van der Waals surface area contributed by atoms with Crippen LogP contribution < -0.4 is 0 Å². The highest BCUT2D eigenvalue weighted by Crippen LogP contribution is 2.29. The van der Waals surface area contributed by atoms with E-state index in [9.17, 15) is 9.59 Å². The molecule has 1 aliphatic carbocycles. The summed E-state index contributed by atoms with van der Waals surface area (Å²) >= 11 is 0. The van der Waals surface area contributed by atoms with Crippen molar-refractivity contribution in [2.24, 2.45) is 5.92 Å². The van der Waals surface area contributed by atoms with E-state index in [2.05, 4.69) is 4.98 Å². The highest BCUT2D eigenvalue weighted by Gasteiger charge is 2.29. The molecule has 0 spiro atoms. The van der Waals surface area contributed by atoms with Crippen molar-refractivity contribution >= 4 is 11.8 Å². The molecule has 6 heteroatoms. The number of hydrogen-bond acceptors (Lipinski definition) is 4. The molecule has 2 heterocycles. The lowest BCUT2D eigenvalue weighted by molar-refractivity contribution is -0.147. The first-order valence-corrected chi connectivity index (χ1v) is 8.71. The van der Waals surface area contributed by atoms with Crippen LogP contribution in [0, 0.1) is 5.92 Å². The largest absolute Gasteiger partial charge is 0.368 e. The van der Waals surface area contributed by atoms with Gasteiger partial charge in [-0.25, -0.2) is 0 Å². The lowest BCUT2D eigenvalue weighted by atomic mass is 10.2. The molecule has 2 aliphatic rings. The number of piperazine rings is 1. The van der Waals surface area contributed by atoms with Gasteiger partial charge in [-0.2, -0.15) is 0 Å². The quantitative estimate of drug-likeness (QED) is 0.783. The Labute approximate surface area is 142 Å². The number of carbonyl (C=O) groups is 2. The Morgan fingerprint density at radius 2 is 1.92 bits per heavy atom. The van der Waals surface area contributed by atoms with Gasteiger partial charge in [0.05, 0.1) is 13.0 Å². The van der Waals surface area contributed by atoms with Crippen LogP contribution in [0.1, 0.15) is 25.5 Å². The second-order valence-corrected chi connectivity index (χ2v) is 6.62. The second-order valence-electron chi connectivity index (χ2n) is 6.62. The number of rotatable bonds is 6. The minimum absolute atomic E-state index is 0.0347. The van der Waals surface area contributed by atoms with E-state index in [0.29, 0.717) is 45.1 Å². The molecule has 0 aromatic carbocycles. The number of pyridine rings is 1. The van der Waals surface area contributed by atoms with Gasteiger partial charge in [0.25, 0.3) is 5.91 Å². The van der Waals surface area contributed by atoms with Gasteiger partial charge in [-0.15, -0.1) is 0 Å². The van der Waals surface area contributed by atoms with E-state index in [0.717, 1.165) is 5.69 Å². The molecule has 1 aromatic rings. The second kappa shape index (κ2) is 7.75. The standard InChI is InChI=1S/C18H25N3O3/c1-14(24-13-15-5-6-15)18(23)21-10-8-20(9-11-21)17(22)12-16-4-2-3-7-19-16/h2-4,7,14-15H,5-6,8-13H2,1H3/t14-/m0/s1. The fourth-order valence-electron chi connectivity index (χ4n) is 2.84. The molecule has 1 saturated carbocycles. The van der Waals surface area contributed by atoms with Gasteiger partial charge in [-0.1, -0.05) is 6.07 Å². The van der Waals surface area contributed by atoms with Crippen LogP contribution in [0.5, 0.6) is 0 Å². The predicted molar refractivity (Wildman–Crippen MR) is 89.2 cm³/mol. The van der Waals surface area contributed by atoms with Gasteiger partial charge in [0.15, 0.2) is 0 Å². The van der Waals surface area contributed by atoms with Gasteiger partial charge >= 0.3 is 0 Å². The number of nitrogens with zero attached hydrogens (tertiary/aromatic N) is 3. The van der Waals surface area contributed by atoms with Gasteiger partial charge in [-0.05, 0) is 37.8 Å². The zero-order chi connectivity index (χ0) is 16.9. The van der Waals surface area contributed by atoms with Crippen LogP contribution in [0.4, 0.5) is 0 Å². The molecule has 2 amide bonds. The van der Waals surface area contributed by atoms with Gasteiger partial charge < -0.3 is 14.5 Å². The molecule has 1 saturated heterocycles. The topological polar surface area (TPSA) is 62.7 Å². The average Bonchev–Trinajstić information content (AvgIpc) is 3.44. The highest BCUT2D eigenvalue weighted by molar-refractivity contribution is 5.81. The molecule has 1 atom stereocenters. The maximum atomic E-state index is 12.4. The third-order valence-electron chi connectivity index (χ3n) is 4.63. The molecule has 130 valence electrons. The normalized spacial score (nSPS) is 19.2. The SMILES string of the molecule is C[C@H](OCC1CC1)C(=O)N1CCN(C(=O)Cc2ccccn2)CC1. The molecular formula is C18H25N3O3.